The van der Waals surface area contributed by atoms with E-state index >= 15 is 0 Å². The number of ether oxygens (including phenoxy) is 2. The molecule has 7 nitrogen and oxygen atoms in total. The summed E-state index contributed by atoms with van der Waals surface area (Å²) in [5, 5.41) is 2.75. The zero-order valence-corrected chi connectivity index (χ0v) is 16.5. The van der Waals surface area contributed by atoms with Crippen molar-refractivity contribution < 1.29 is 32.2 Å². The predicted molar refractivity (Wildman–Crippen MR) is 104 cm³/mol. The zero-order valence-electron chi connectivity index (χ0n) is 16.5. The van der Waals surface area contributed by atoms with Crippen LogP contribution in [0.15, 0.2) is 53.7 Å². The lowest BCUT2D eigenvalue weighted by Gasteiger charge is -2.36. The molecule has 2 atom stereocenters. The van der Waals surface area contributed by atoms with Crippen molar-refractivity contribution in [3.05, 3.63) is 64.6 Å². The Balaban J connectivity index is 1.82. The summed E-state index contributed by atoms with van der Waals surface area (Å²) in [4.78, 5) is 36.6. The Kier molecular flexibility index (Phi) is 6.57. The predicted octanol–water partition coefficient (Wildman–Crippen LogP) is 4.88. The van der Waals surface area contributed by atoms with Crippen molar-refractivity contribution in [3.8, 4) is 5.75 Å². The Morgan fingerprint density at radius 1 is 1.10 bits per heavy atom. The fraction of sp³-hybridized carbons (Fsp3) is 0.333. The topological polar surface area (TPSA) is 85.3 Å². The fourth-order valence-electron chi connectivity index (χ4n) is 3.54. The summed E-state index contributed by atoms with van der Waals surface area (Å²) in [6.45, 7) is 0.0799. The van der Waals surface area contributed by atoms with Crippen molar-refractivity contribution in [2.24, 2.45) is 11.1 Å². The molecule has 0 aliphatic carbocycles. The van der Waals surface area contributed by atoms with Gasteiger partial charge in [-0.05, 0) is 47.5 Å². The van der Waals surface area contributed by atoms with Crippen LogP contribution in [0.2, 0.25) is 0 Å². The number of nitroso groups, excluding NO2 is 1. The number of nitrogens with zero attached hydrogens (tertiary/aromatic N) is 2. The van der Waals surface area contributed by atoms with Crippen molar-refractivity contribution in [1.29, 1.82) is 0 Å². The van der Waals surface area contributed by atoms with E-state index in [1.54, 1.807) is 0 Å². The van der Waals surface area contributed by atoms with E-state index < -0.39 is 35.6 Å². The maximum atomic E-state index is 13.1. The van der Waals surface area contributed by atoms with E-state index in [9.17, 15) is 27.7 Å². The molecule has 1 fully saturated rings. The summed E-state index contributed by atoms with van der Waals surface area (Å²) in [6.07, 6.45) is -5.04. The number of amides is 1. The van der Waals surface area contributed by atoms with E-state index in [0.29, 0.717) is 5.56 Å². The molecular formula is C21H19F3N2O5. The Hall–Kier alpha value is -3.43. The fourth-order valence-corrected chi connectivity index (χ4v) is 3.54. The number of piperidine rings is 1. The van der Waals surface area contributed by atoms with Gasteiger partial charge in [0.25, 0.3) is 0 Å². The van der Waals surface area contributed by atoms with Gasteiger partial charge in [-0.2, -0.15) is 13.2 Å². The third-order valence-corrected chi connectivity index (χ3v) is 5.08. The first kappa shape index (κ1) is 22.3. The van der Waals surface area contributed by atoms with Gasteiger partial charge in [0, 0.05) is 19.0 Å². The Labute approximate surface area is 175 Å². The molecule has 1 amide bonds. The molecule has 0 aromatic heterocycles. The van der Waals surface area contributed by atoms with Crippen LogP contribution in [0.3, 0.4) is 0 Å². The van der Waals surface area contributed by atoms with Crippen LogP contribution in [0.1, 0.15) is 23.5 Å². The van der Waals surface area contributed by atoms with Crippen molar-refractivity contribution >= 4 is 17.7 Å². The van der Waals surface area contributed by atoms with Crippen LogP contribution < -0.4 is 4.74 Å². The van der Waals surface area contributed by atoms with Gasteiger partial charge in [0.1, 0.15) is 11.4 Å². The van der Waals surface area contributed by atoms with Gasteiger partial charge in [0.05, 0.1) is 18.6 Å². The van der Waals surface area contributed by atoms with Gasteiger partial charge in [0.2, 0.25) is 0 Å². The van der Waals surface area contributed by atoms with Crippen LogP contribution in [0.25, 0.3) is 0 Å². The van der Waals surface area contributed by atoms with Gasteiger partial charge in [-0.3, -0.25) is 4.79 Å². The molecule has 0 N–H and O–H groups in total. The van der Waals surface area contributed by atoms with Crippen molar-refractivity contribution in [2.45, 2.75) is 18.5 Å². The van der Waals surface area contributed by atoms with E-state index in [1.165, 1.54) is 48.4 Å². The maximum Gasteiger partial charge on any atom is 0.416 e. The van der Waals surface area contributed by atoms with Gasteiger partial charge >= 0.3 is 18.2 Å². The smallest absolute Gasteiger partial charge is 0.416 e. The lowest BCUT2D eigenvalue weighted by Crippen LogP contribution is -2.46. The number of halogens is 3. The molecular weight excluding hydrogens is 417 g/mol. The molecule has 10 heteroatoms. The molecule has 1 saturated heterocycles. The normalized spacial score (nSPS) is 18.9. The van der Waals surface area contributed by atoms with Crippen LogP contribution in [0, 0.1) is 10.8 Å². The standard InChI is InChI=1S/C21H19F3N2O5/c1-30-19(27)15-9-14(13-3-2-4-16(10-13)21(22,23)24)11-26(12-15)20(28)31-18-7-5-17(25-29)6-8-18/h2-8,10,14-15H,9,11-12H2,1H3. The first-order valence-electron chi connectivity index (χ1n) is 9.36. The highest BCUT2D eigenvalue weighted by molar-refractivity contribution is 5.76. The van der Waals surface area contributed by atoms with Gasteiger partial charge < -0.3 is 14.4 Å². The molecule has 0 radical (unpaired) electrons. The van der Waals surface area contributed by atoms with Gasteiger partial charge in [-0.15, -0.1) is 4.91 Å². The summed E-state index contributed by atoms with van der Waals surface area (Å²) in [5.41, 5.74) is -0.279. The van der Waals surface area contributed by atoms with Crippen molar-refractivity contribution in [3.63, 3.8) is 0 Å². The second kappa shape index (κ2) is 9.15. The summed E-state index contributed by atoms with van der Waals surface area (Å²) < 4.78 is 49.4. The molecule has 2 unspecified atom stereocenters. The van der Waals surface area contributed by atoms with Gasteiger partial charge in [0.15, 0.2) is 0 Å². The number of benzene rings is 2. The maximum absolute atomic E-state index is 13.1. The van der Waals surface area contributed by atoms with E-state index in [-0.39, 0.29) is 30.9 Å². The first-order chi connectivity index (χ1) is 14.7. The summed E-state index contributed by atoms with van der Waals surface area (Å²) in [6, 6.07) is 10.3. The van der Waals surface area contributed by atoms with Crippen LogP contribution in [-0.4, -0.2) is 37.2 Å². The number of esters is 1. The highest BCUT2D eigenvalue weighted by Gasteiger charge is 2.37. The number of likely N-dealkylation sites (tertiary alicyclic amines) is 1. The largest absolute Gasteiger partial charge is 0.469 e. The van der Waals surface area contributed by atoms with Crippen LogP contribution in [0.5, 0.6) is 5.75 Å². The SMILES string of the molecule is COC(=O)C1CC(c2cccc(C(F)(F)F)c2)CN(C(=O)Oc2ccc(N=O)cc2)C1. The summed E-state index contributed by atoms with van der Waals surface area (Å²) in [7, 11) is 1.21. The number of methoxy groups -OCH3 is 1. The average molecular weight is 436 g/mol. The number of carbonyl (C=O) groups excluding carboxylic acids is 2. The average Bonchev–Trinajstić information content (AvgIpc) is 2.78. The van der Waals surface area contributed by atoms with E-state index in [2.05, 4.69) is 5.18 Å². The van der Waals surface area contributed by atoms with Crippen molar-refractivity contribution in [2.75, 3.05) is 20.2 Å². The molecule has 2 aromatic carbocycles. The summed E-state index contributed by atoms with van der Waals surface area (Å²) >= 11 is 0. The third-order valence-electron chi connectivity index (χ3n) is 5.08. The molecule has 1 heterocycles. The van der Waals surface area contributed by atoms with Crippen molar-refractivity contribution in [1.82, 2.24) is 4.90 Å². The molecule has 164 valence electrons. The molecule has 3 rings (SSSR count). The molecule has 0 bridgehead atoms. The highest BCUT2D eigenvalue weighted by atomic mass is 19.4. The molecule has 0 spiro atoms. The molecule has 2 aromatic rings. The molecule has 1 aliphatic heterocycles. The van der Waals surface area contributed by atoms with Crippen LogP contribution in [0.4, 0.5) is 23.7 Å². The number of rotatable bonds is 4. The molecule has 0 saturated carbocycles. The monoisotopic (exact) mass is 436 g/mol. The Bertz CT molecular complexity index is 962. The minimum Gasteiger partial charge on any atom is -0.469 e. The Morgan fingerprint density at radius 2 is 1.81 bits per heavy atom. The third kappa shape index (κ3) is 5.39. The number of hydrogen-bond donors (Lipinski definition) is 0. The lowest BCUT2D eigenvalue weighted by atomic mass is 9.84. The first-order valence-corrected chi connectivity index (χ1v) is 9.36. The zero-order chi connectivity index (χ0) is 22.6. The molecule has 31 heavy (non-hydrogen) atoms. The van der Waals surface area contributed by atoms with Crippen LogP contribution in [-0.2, 0) is 15.7 Å². The molecule has 1 aliphatic rings. The minimum atomic E-state index is -4.51. The number of alkyl halides is 3. The summed E-state index contributed by atoms with van der Waals surface area (Å²) in [5.74, 6) is -1.63. The lowest BCUT2D eigenvalue weighted by molar-refractivity contribution is -0.147. The van der Waals surface area contributed by atoms with Crippen LogP contribution >= 0.6 is 0 Å². The van der Waals surface area contributed by atoms with E-state index in [4.69, 9.17) is 9.47 Å². The minimum absolute atomic E-state index is 0.00887. The van der Waals surface area contributed by atoms with E-state index in [0.717, 1.165) is 12.1 Å². The second-order valence-electron chi connectivity index (χ2n) is 7.13. The Morgan fingerprint density at radius 3 is 2.42 bits per heavy atom. The highest BCUT2D eigenvalue weighted by Crippen LogP contribution is 2.35. The quantitative estimate of drug-likeness (QED) is 0.504. The van der Waals surface area contributed by atoms with E-state index in [1.807, 2.05) is 0 Å². The number of hydrogen-bond acceptors (Lipinski definition) is 6. The number of carbonyl (C=O) groups is 2. The second-order valence-corrected chi connectivity index (χ2v) is 7.13. The van der Waals surface area contributed by atoms with Gasteiger partial charge in [-0.25, -0.2) is 4.79 Å². The van der Waals surface area contributed by atoms with Gasteiger partial charge in [-0.1, -0.05) is 18.2 Å².